The van der Waals surface area contributed by atoms with Gasteiger partial charge in [-0.25, -0.2) is 9.97 Å². The number of rotatable bonds is 4. The first-order valence-electron chi connectivity index (χ1n) is 8.50. The second kappa shape index (κ2) is 7.11. The number of fused-ring (bicyclic) bond motifs is 1. The third-order valence-electron chi connectivity index (χ3n) is 4.28. The first-order chi connectivity index (χ1) is 12.7. The van der Waals surface area contributed by atoms with Crippen molar-refractivity contribution in [2.45, 2.75) is 6.17 Å². The molecule has 0 bridgehead atoms. The first-order valence-corrected chi connectivity index (χ1v) is 8.50. The maximum Gasteiger partial charge on any atom is 0.254 e. The fourth-order valence-electron chi connectivity index (χ4n) is 2.99. The van der Waals surface area contributed by atoms with E-state index in [-0.39, 0.29) is 12.1 Å². The minimum absolute atomic E-state index is 0.0926. The van der Waals surface area contributed by atoms with E-state index in [2.05, 4.69) is 30.9 Å². The molecule has 0 saturated carbocycles. The van der Waals surface area contributed by atoms with Gasteiger partial charge in [0.1, 0.15) is 11.2 Å². The molecule has 0 radical (unpaired) electrons. The van der Waals surface area contributed by atoms with Crippen LogP contribution in [0.15, 0.2) is 36.4 Å². The van der Waals surface area contributed by atoms with Crippen molar-refractivity contribution >= 4 is 16.9 Å². The van der Waals surface area contributed by atoms with Gasteiger partial charge >= 0.3 is 0 Å². The van der Waals surface area contributed by atoms with E-state index in [0.717, 1.165) is 18.6 Å². The Hall–Kier alpha value is -2.97. The molecule has 1 aromatic carbocycles. The molecular formula is C18H20N6O2. The number of H-pyrrole nitrogens is 1. The first kappa shape index (κ1) is 16.5. The fourth-order valence-corrected chi connectivity index (χ4v) is 2.99. The molecule has 4 N–H and O–H groups in total. The predicted molar refractivity (Wildman–Crippen MR) is 98.0 cm³/mol. The zero-order valence-corrected chi connectivity index (χ0v) is 14.4. The summed E-state index contributed by atoms with van der Waals surface area (Å²) < 4.78 is 5.17. The maximum atomic E-state index is 12.7. The molecular weight excluding hydrogens is 332 g/mol. The lowest BCUT2D eigenvalue weighted by Crippen LogP contribution is -2.57. The van der Waals surface area contributed by atoms with E-state index in [1.54, 1.807) is 19.2 Å². The van der Waals surface area contributed by atoms with Crippen molar-refractivity contribution in [3.8, 4) is 17.4 Å². The van der Waals surface area contributed by atoms with Crippen LogP contribution in [0.1, 0.15) is 10.4 Å². The zero-order valence-electron chi connectivity index (χ0n) is 14.4. The number of hydrogen-bond acceptors (Lipinski definition) is 6. The van der Waals surface area contributed by atoms with Gasteiger partial charge in [0, 0.05) is 25.7 Å². The van der Waals surface area contributed by atoms with Gasteiger partial charge in [-0.2, -0.15) is 0 Å². The average molecular weight is 352 g/mol. The Labute approximate surface area is 150 Å². The highest BCUT2D eigenvalue weighted by Crippen LogP contribution is 2.23. The van der Waals surface area contributed by atoms with Crippen LogP contribution >= 0.6 is 0 Å². The topological polar surface area (TPSA) is 104 Å². The smallest absolute Gasteiger partial charge is 0.254 e. The summed E-state index contributed by atoms with van der Waals surface area (Å²) in [6.07, 6.45) is -0.0926. The summed E-state index contributed by atoms with van der Waals surface area (Å²) in [5.41, 5.74) is 2.59. The molecule has 1 amide bonds. The van der Waals surface area contributed by atoms with Crippen LogP contribution in [0.2, 0.25) is 0 Å². The van der Waals surface area contributed by atoms with E-state index in [9.17, 15) is 4.79 Å². The lowest BCUT2D eigenvalue weighted by Gasteiger charge is -2.25. The number of hydrogen-bond donors (Lipinski definition) is 4. The highest BCUT2D eigenvalue weighted by molar-refractivity contribution is 6.05. The second-order valence-electron chi connectivity index (χ2n) is 6.04. The van der Waals surface area contributed by atoms with Crippen LogP contribution in [-0.2, 0) is 0 Å². The third-order valence-corrected chi connectivity index (χ3v) is 4.28. The molecule has 8 heteroatoms. The summed E-state index contributed by atoms with van der Waals surface area (Å²) in [5.74, 6) is 0.946. The number of aromatic amines is 1. The molecule has 1 aliphatic heterocycles. The number of ether oxygens (including phenoxy) is 1. The van der Waals surface area contributed by atoms with Crippen molar-refractivity contribution in [1.82, 2.24) is 30.9 Å². The second-order valence-corrected chi connectivity index (χ2v) is 6.04. The Morgan fingerprint density at radius 2 is 2.08 bits per heavy atom. The third kappa shape index (κ3) is 3.24. The Morgan fingerprint density at radius 1 is 1.19 bits per heavy atom. The number of pyridine rings is 1. The van der Waals surface area contributed by atoms with Crippen LogP contribution < -0.4 is 20.7 Å². The van der Waals surface area contributed by atoms with Crippen molar-refractivity contribution in [2.75, 3.05) is 26.7 Å². The molecule has 8 nitrogen and oxygen atoms in total. The molecule has 134 valence electrons. The van der Waals surface area contributed by atoms with Crippen molar-refractivity contribution in [2.24, 2.45) is 0 Å². The highest BCUT2D eigenvalue weighted by atomic mass is 16.5. The fraction of sp³-hybridized carbons (Fsp3) is 0.278. The molecule has 1 saturated heterocycles. The number of piperazine rings is 1. The van der Waals surface area contributed by atoms with Gasteiger partial charge in [-0.1, -0.05) is 12.1 Å². The quantitative estimate of drug-likeness (QED) is 0.556. The van der Waals surface area contributed by atoms with Crippen LogP contribution in [0.3, 0.4) is 0 Å². The molecule has 1 unspecified atom stereocenters. The zero-order chi connectivity index (χ0) is 17.9. The number of aromatic nitrogens is 3. The molecule has 1 aliphatic rings. The van der Waals surface area contributed by atoms with Crippen LogP contribution in [0.25, 0.3) is 22.6 Å². The molecule has 1 atom stereocenters. The number of para-hydroxylation sites is 1. The Morgan fingerprint density at radius 3 is 2.88 bits per heavy atom. The number of nitrogens with one attached hydrogen (secondary N) is 4. The van der Waals surface area contributed by atoms with Gasteiger partial charge in [-0.3, -0.25) is 10.1 Å². The van der Waals surface area contributed by atoms with E-state index in [4.69, 9.17) is 4.74 Å². The van der Waals surface area contributed by atoms with Crippen molar-refractivity contribution in [3.05, 3.63) is 42.0 Å². The summed E-state index contributed by atoms with van der Waals surface area (Å²) in [6.45, 7) is 2.42. The van der Waals surface area contributed by atoms with Crippen LogP contribution in [-0.4, -0.2) is 53.8 Å². The molecule has 2 aromatic heterocycles. The van der Waals surface area contributed by atoms with Crippen molar-refractivity contribution < 1.29 is 9.53 Å². The number of amides is 1. The van der Waals surface area contributed by atoms with Crippen molar-refractivity contribution in [1.29, 1.82) is 0 Å². The van der Waals surface area contributed by atoms with Crippen LogP contribution in [0, 0.1) is 0 Å². The van der Waals surface area contributed by atoms with E-state index in [1.807, 2.05) is 24.3 Å². The largest absolute Gasteiger partial charge is 0.481 e. The van der Waals surface area contributed by atoms with Gasteiger partial charge in [0.05, 0.1) is 24.4 Å². The molecule has 4 rings (SSSR count). The molecule has 3 aromatic rings. The summed E-state index contributed by atoms with van der Waals surface area (Å²) in [7, 11) is 1.57. The summed E-state index contributed by atoms with van der Waals surface area (Å²) in [6, 6.07) is 11.0. The highest BCUT2D eigenvalue weighted by Gasteiger charge is 2.19. The molecule has 3 heterocycles. The molecule has 0 spiro atoms. The monoisotopic (exact) mass is 352 g/mol. The predicted octanol–water partition coefficient (Wildman–Crippen LogP) is 0.882. The summed E-state index contributed by atoms with van der Waals surface area (Å²) in [5, 5.41) is 9.50. The van der Waals surface area contributed by atoms with Crippen LogP contribution in [0.4, 0.5) is 0 Å². The van der Waals surface area contributed by atoms with Gasteiger partial charge in [0.25, 0.3) is 5.91 Å². The number of carbonyl (C=O) groups excluding carboxylic acids is 1. The molecule has 0 aliphatic carbocycles. The lowest BCUT2D eigenvalue weighted by atomic mass is 10.1. The lowest BCUT2D eigenvalue weighted by molar-refractivity contribution is 0.0926. The van der Waals surface area contributed by atoms with E-state index >= 15 is 0 Å². The van der Waals surface area contributed by atoms with Crippen molar-refractivity contribution in [3.63, 3.8) is 0 Å². The van der Waals surface area contributed by atoms with Gasteiger partial charge in [-0.05, 0) is 18.2 Å². The SMILES string of the molecule is COc1cccc(-c2nc3c(C(=O)NC4CNCCN4)cccc3[nH]2)n1. The van der Waals surface area contributed by atoms with Gasteiger partial charge in [0.2, 0.25) is 5.88 Å². The van der Waals surface area contributed by atoms with E-state index < -0.39 is 0 Å². The normalized spacial score (nSPS) is 17.2. The maximum absolute atomic E-state index is 12.7. The van der Waals surface area contributed by atoms with Gasteiger partial charge in [-0.15, -0.1) is 0 Å². The summed E-state index contributed by atoms with van der Waals surface area (Å²) in [4.78, 5) is 24.9. The number of benzene rings is 1. The molecule has 1 fully saturated rings. The Kier molecular flexibility index (Phi) is 4.51. The number of methoxy groups -OCH3 is 1. The number of carbonyl (C=O) groups is 1. The molecule has 26 heavy (non-hydrogen) atoms. The van der Waals surface area contributed by atoms with Gasteiger partial charge < -0.3 is 20.4 Å². The minimum Gasteiger partial charge on any atom is -0.481 e. The number of nitrogens with zero attached hydrogens (tertiary/aromatic N) is 2. The van der Waals surface area contributed by atoms with E-state index in [1.165, 1.54) is 0 Å². The summed E-state index contributed by atoms with van der Waals surface area (Å²) >= 11 is 0. The average Bonchev–Trinajstić information content (AvgIpc) is 3.13. The van der Waals surface area contributed by atoms with E-state index in [0.29, 0.717) is 35.0 Å². The Balaban J connectivity index is 1.65. The standard InChI is InChI=1S/C18H20N6O2/c1-26-15-7-3-6-13(21-15)17-22-12-5-2-4-11(16(12)24-17)18(25)23-14-10-19-8-9-20-14/h2-7,14,19-20H,8-10H2,1H3,(H,22,24)(H,23,25). The number of imidazole rings is 1. The van der Waals surface area contributed by atoms with Gasteiger partial charge in [0.15, 0.2) is 5.82 Å². The minimum atomic E-state index is -0.159. The Bertz CT molecular complexity index is 932. The van der Waals surface area contributed by atoms with Crippen LogP contribution in [0.5, 0.6) is 5.88 Å².